The van der Waals surface area contributed by atoms with E-state index in [0.29, 0.717) is 0 Å². The van der Waals surface area contributed by atoms with Crippen molar-refractivity contribution in [1.29, 1.82) is 0 Å². The van der Waals surface area contributed by atoms with E-state index in [1.54, 1.807) is 0 Å². The summed E-state index contributed by atoms with van der Waals surface area (Å²) in [5.74, 6) is 0.906. The summed E-state index contributed by atoms with van der Waals surface area (Å²) >= 11 is 0. The molecule has 0 spiro atoms. The Bertz CT molecular complexity index is 463. The normalized spacial score (nSPS) is 11.2. The highest BCUT2D eigenvalue weighted by atomic mass is 16.5. The molecule has 0 aliphatic heterocycles. The third kappa shape index (κ3) is 3.35. The molecular weight excluding hydrogens is 208 g/mol. The Balaban J connectivity index is 2.19. The first-order chi connectivity index (χ1) is 8.04. The van der Waals surface area contributed by atoms with Crippen molar-refractivity contribution in [2.24, 2.45) is 0 Å². The van der Waals surface area contributed by atoms with Crippen LogP contribution in [0.4, 0.5) is 0 Å². The van der Waals surface area contributed by atoms with Gasteiger partial charge >= 0.3 is 0 Å². The molecule has 87 valence electrons. The average molecular weight is 225 g/mol. The first-order valence-electron chi connectivity index (χ1n) is 5.80. The quantitative estimate of drug-likeness (QED) is 0.739. The molecule has 2 aromatic carbocycles. The van der Waals surface area contributed by atoms with E-state index in [1.807, 2.05) is 45.0 Å². The minimum atomic E-state index is -0.150. The van der Waals surface area contributed by atoms with E-state index in [-0.39, 0.29) is 5.60 Å². The Morgan fingerprint density at radius 1 is 0.824 bits per heavy atom. The van der Waals surface area contributed by atoms with Crippen LogP contribution in [-0.2, 0) is 0 Å². The maximum absolute atomic E-state index is 5.79. The largest absolute Gasteiger partial charge is 0.488 e. The van der Waals surface area contributed by atoms with Crippen molar-refractivity contribution in [3.63, 3.8) is 0 Å². The summed E-state index contributed by atoms with van der Waals surface area (Å²) in [5, 5.41) is 0. The van der Waals surface area contributed by atoms with Crippen LogP contribution in [-0.4, -0.2) is 5.60 Å². The van der Waals surface area contributed by atoms with Crippen molar-refractivity contribution in [2.45, 2.75) is 26.4 Å². The second-order valence-corrected chi connectivity index (χ2v) is 5.03. The highest BCUT2D eigenvalue weighted by Gasteiger charge is 2.11. The molecule has 0 amide bonds. The Labute approximate surface area is 103 Å². The molecule has 0 unspecified atom stereocenters. The van der Waals surface area contributed by atoms with Crippen molar-refractivity contribution in [3.05, 3.63) is 54.6 Å². The lowest BCUT2D eigenvalue weighted by Crippen LogP contribution is -2.22. The molecule has 17 heavy (non-hydrogen) atoms. The fourth-order valence-electron chi connectivity index (χ4n) is 1.65. The fraction of sp³-hybridized carbons (Fsp3) is 0.250. The molecule has 1 radical (unpaired) electrons. The number of hydrogen-bond donors (Lipinski definition) is 0. The molecule has 0 saturated carbocycles. The number of hydrogen-bond acceptors (Lipinski definition) is 1. The van der Waals surface area contributed by atoms with Gasteiger partial charge in [0.05, 0.1) is 0 Å². The first kappa shape index (κ1) is 11.7. The Kier molecular flexibility index (Phi) is 3.19. The molecule has 1 heteroatoms. The van der Waals surface area contributed by atoms with Crippen LogP contribution < -0.4 is 4.74 Å². The summed E-state index contributed by atoms with van der Waals surface area (Å²) in [6, 6.07) is 19.2. The van der Waals surface area contributed by atoms with Crippen molar-refractivity contribution in [1.82, 2.24) is 0 Å². The van der Waals surface area contributed by atoms with Crippen molar-refractivity contribution in [3.8, 4) is 16.9 Å². The lowest BCUT2D eigenvalue weighted by Gasteiger charge is -2.21. The summed E-state index contributed by atoms with van der Waals surface area (Å²) in [4.78, 5) is 0. The zero-order valence-electron chi connectivity index (χ0n) is 10.5. The molecule has 2 rings (SSSR count). The fourth-order valence-corrected chi connectivity index (χ4v) is 1.65. The molecule has 0 heterocycles. The van der Waals surface area contributed by atoms with Crippen molar-refractivity contribution < 1.29 is 4.74 Å². The molecule has 0 N–H and O–H groups in total. The van der Waals surface area contributed by atoms with Crippen LogP contribution in [0.3, 0.4) is 0 Å². The summed E-state index contributed by atoms with van der Waals surface area (Å²) in [7, 11) is 0. The second-order valence-electron chi connectivity index (χ2n) is 5.03. The van der Waals surface area contributed by atoms with Gasteiger partial charge in [-0.15, -0.1) is 0 Å². The van der Waals surface area contributed by atoms with E-state index in [1.165, 1.54) is 11.1 Å². The maximum Gasteiger partial charge on any atom is 0.120 e. The van der Waals surface area contributed by atoms with E-state index in [4.69, 9.17) is 4.74 Å². The van der Waals surface area contributed by atoms with Crippen LogP contribution in [0.2, 0.25) is 0 Å². The molecule has 0 fully saturated rings. The van der Waals surface area contributed by atoms with Gasteiger partial charge in [0.1, 0.15) is 11.4 Å². The highest BCUT2D eigenvalue weighted by molar-refractivity contribution is 5.63. The zero-order chi connectivity index (χ0) is 12.3. The van der Waals surface area contributed by atoms with Crippen LogP contribution >= 0.6 is 0 Å². The summed E-state index contributed by atoms with van der Waals surface area (Å²) in [6.07, 6.45) is 0. The van der Waals surface area contributed by atoms with Crippen LogP contribution in [0, 0.1) is 6.07 Å². The third-order valence-electron chi connectivity index (χ3n) is 2.33. The predicted molar refractivity (Wildman–Crippen MR) is 71.1 cm³/mol. The van der Waals surface area contributed by atoms with Gasteiger partial charge in [-0.2, -0.15) is 0 Å². The summed E-state index contributed by atoms with van der Waals surface area (Å²) in [6.45, 7) is 6.15. The standard InChI is InChI=1S/C16H17O/c1-16(2,3)17-15-11-9-14(10-12-15)13-7-5-4-6-8-13/h5-12H,1-3H3. The molecule has 0 saturated heterocycles. The van der Waals surface area contributed by atoms with Gasteiger partial charge in [0, 0.05) is 0 Å². The van der Waals surface area contributed by atoms with Crippen LogP contribution in [0.1, 0.15) is 20.8 Å². The monoisotopic (exact) mass is 225 g/mol. The number of benzene rings is 2. The Morgan fingerprint density at radius 3 is 1.88 bits per heavy atom. The van der Waals surface area contributed by atoms with E-state index < -0.39 is 0 Å². The van der Waals surface area contributed by atoms with Gasteiger partial charge in [-0.05, 0) is 50.1 Å². The second kappa shape index (κ2) is 4.62. The smallest absolute Gasteiger partial charge is 0.120 e. The number of ether oxygens (including phenoxy) is 1. The van der Waals surface area contributed by atoms with Crippen molar-refractivity contribution >= 4 is 0 Å². The van der Waals surface area contributed by atoms with E-state index >= 15 is 0 Å². The molecular formula is C16H17O. The van der Waals surface area contributed by atoms with E-state index in [2.05, 4.69) is 30.3 Å². The van der Waals surface area contributed by atoms with E-state index in [0.717, 1.165) is 5.75 Å². The average Bonchev–Trinajstić information content (AvgIpc) is 2.29. The van der Waals surface area contributed by atoms with Crippen LogP contribution in [0.15, 0.2) is 48.5 Å². The molecule has 1 nitrogen and oxygen atoms in total. The van der Waals surface area contributed by atoms with Crippen LogP contribution in [0.25, 0.3) is 11.1 Å². The molecule has 2 aromatic rings. The first-order valence-corrected chi connectivity index (χ1v) is 5.80. The Morgan fingerprint density at radius 2 is 1.35 bits per heavy atom. The summed E-state index contributed by atoms with van der Waals surface area (Å²) in [5.41, 5.74) is 2.25. The van der Waals surface area contributed by atoms with Crippen LogP contribution in [0.5, 0.6) is 5.75 Å². The lowest BCUT2D eigenvalue weighted by molar-refractivity contribution is 0.131. The molecule has 0 bridgehead atoms. The number of rotatable bonds is 2. The van der Waals surface area contributed by atoms with E-state index in [9.17, 15) is 0 Å². The highest BCUT2D eigenvalue weighted by Crippen LogP contribution is 2.24. The van der Waals surface area contributed by atoms with Gasteiger partial charge in [0.25, 0.3) is 0 Å². The van der Waals surface area contributed by atoms with Gasteiger partial charge in [-0.1, -0.05) is 36.4 Å². The molecule has 0 aliphatic carbocycles. The topological polar surface area (TPSA) is 9.23 Å². The predicted octanol–water partition coefficient (Wildman–Crippen LogP) is 4.33. The lowest BCUT2D eigenvalue weighted by atomic mass is 10.1. The van der Waals surface area contributed by atoms with Gasteiger partial charge < -0.3 is 4.74 Å². The third-order valence-corrected chi connectivity index (χ3v) is 2.33. The van der Waals surface area contributed by atoms with Gasteiger partial charge in [0.15, 0.2) is 0 Å². The minimum Gasteiger partial charge on any atom is -0.488 e. The SMILES string of the molecule is CC(C)(C)Oc1ccc(-c2cc[c]cc2)cc1. The maximum atomic E-state index is 5.79. The Hall–Kier alpha value is -1.76. The molecule has 0 atom stereocenters. The van der Waals surface area contributed by atoms with Gasteiger partial charge in [-0.25, -0.2) is 0 Å². The van der Waals surface area contributed by atoms with Crippen molar-refractivity contribution in [2.75, 3.05) is 0 Å². The minimum absolute atomic E-state index is 0.150. The molecule has 0 aromatic heterocycles. The van der Waals surface area contributed by atoms with Gasteiger partial charge in [0.2, 0.25) is 0 Å². The van der Waals surface area contributed by atoms with Gasteiger partial charge in [-0.3, -0.25) is 0 Å². The summed E-state index contributed by atoms with van der Waals surface area (Å²) < 4.78 is 5.79. The zero-order valence-corrected chi connectivity index (χ0v) is 10.5. The molecule has 0 aliphatic rings.